The number of aliphatic hydroxyl groups excluding tert-OH is 1. The van der Waals surface area contributed by atoms with Gasteiger partial charge in [0.2, 0.25) is 17.7 Å². The number of rotatable bonds is 12. The van der Waals surface area contributed by atoms with Crippen molar-refractivity contribution >= 4 is 35.4 Å². The number of esters is 2. The van der Waals surface area contributed by atoms with Gasteiger partial charge in [-0.15, -0.1) is 0 Å². The normalized spacial score (nSPS) is 21.8. The van der Waals surface area contributed by atoms with E-state index in [1.54, 1.807) is 26.4 Å². The third-order valence-electron chi connectivity index (χ3n) is 17.4. The summed E-state index contributed by atoms with van der Waals surface area (Å²) < 4.78 is 20.0. The first-order valence-corrected chi connectivity index (χ1v) is 27.0. The number of carbonyl (C=O) groups is 6. The van der Waals surface area contributed by atoms with Gasteiger partial charge in [0.15, 0.2) is 5.78 Å². The number of carbonyl (C=O) groups excluding carboxylic acids is 6. The van der Waals surface area contributed by atoms with Crippen molar-refractivity contribution < 1.29 is 52.8 Å². The van der Waals surface area contributed by atoms with Crippen LogP contribution in [0.2, 0.25) is 0 Å². The largest absolute Gasteiger partial charge is 0.497 e. The molecule has 3 fully saturated rings. The quantitative estimate of drug-likeness (QED) is 0.0924. The number of hydrogen-bond donors (Lipinski definition) is 2. The zero-order valence-corrected chi connectivity index (χ0v) is 44.9. The highest BCUT2D eigenvalue weighted by molar-refractivity contribution is 5.97. The molecule has 2 N–H and O–H groups in total. The van der Waals surface area contributed by atoms with Crippen LogP contribution in [0.15, 0.2) is 103 Å². The van der Waals surface area contributed by atoms with Crippen molar-refractivity contribution in [1.82, 2.24) is 15.1 Å². The van der Waals surface area contributed by atoms with Crippen molar-refractivity contribution in [3.63, 3.8) is 0 Å². The molecule has 6 aliphatic rings. The second-order valence-corrected chi connectivity index (χ2v) is 21.7. The first-order chi connectivity index (χ1) is 37.2. The van der Waals surface area contributed by atoms with Crippen LogP contribution in [0.5, 0.6) is 11.5 Å². The van der Waals surface area contributed by atoms with Crippen molar-refractivity contribution in [3.8, 4) is 11.5 Å². The number of hydrogen-bond acceptors (Lipinski definition) is 11. The number of methoxy groups -OCH3 is 4. The van der Waals surface area contributed by atoms with Crippen LogP contribution >= 0.6 is 0 Å². The lowest BCUT2D eigenvalue weighted by atomic mass is 9.70. The zero-order valence-electron chi connectivity index (χ0n) is 44.9. The molecule has 3 amide bonds. The smallest absolute Gasteiger partial charge is 0.337 e. The molecule has 0 aromatic heterocycles. The first kappa shape index (κ1) is 54.5. The van der Waals surface area contributed by atoms with Gasteiger partial charge in [-0.25, -0.2) is 9.59 Å². The van der Waals surface area contributed by atoms with Gasteiger partial charge in [-0.1, -0.05) is 48.5 Å². The van der Waals surface area contributed by atoms with E-state index in [0.29, 0.717) is 29.5 Å². The van der Waals surface area contributed by atoms with Gasteiger partial charge < -0.3 is 39.2 Å². The highest BCUT2D eigenvalue weighted by Crippen LogP contribution is 2.46. The number of ketones is 1. The third kappa shape index (κ3) is 11.7. The summed E-state index contributed by atoms with van der Waals surface area (Å²) in [6.07, 6.45) is 11.8. The Hall–Kier alpha value is -7.32. The average Bonchev–Trinajstić information content (AvgIpc) is 4.12. The zero-order chi connectivity index (χ0) is 54.3. The number of fused-ring (bicyclic) bond motifs is 3. The fraction of sp³-hybridized carbons (Fsp3) is 0.429. The van der Waals surface area contributed by atoms with Crippen LogP contribution in [-0.2, 0) is 75.2 Å². The molecule has 3 aliphatic carbocycles. The average molecular weight is 1050 g/mol. The Morgan fingerprint density at radius 3 is 1.30 bits per heavy atom. The van der Waals surface area contributed by atoms with Crippen LogP contribution in [0, 0.1) is 16.2 Å². The molecule has 77 heavy (non-hydrogen) atoms. The predicted molar refractivity (Wildman–Crippen MR) is 290 cm³/mol. The van der Waals surface area contributed by atoms with Gasteiger partial charge in [0.05, 0.1) is 55.8 Å². The van der Waals surface area contributed by atoms with Crippen molar-refractivity contribution in [1.29, 1.82) is 0 Å². The van der Waals surface area contributed by atoms with Crippen LogP contribution in [0.1, 0.15) is 114 Å². The minimum atomic E-state index is -0.484. The summed E-state index contributed by atoms with van der Waals surface area (Å²) in [6.45, 7) is 3.35. The number of benzene rings is 5. The van der Waals surface area contributed by atoms with E-state index in [2.05, 4.69) is 17.4 Å². The van der Waals surface area contributed by atoms with Crippen molar-refractivity contribution in [2.75, 3.05) is 67.8 Å². The van der Waals surface area contributed by atoms with E-state index in [1.807, 2.05) is 88.7 Å². The Morgan fingerprint density at radius 2 is 0.909 bits per heavy atom. The third-order valence-corrected chi connectivity index (χ3v) is 17.4. The van der Waals surface area contributed by atoms with Gasteiger partial charge in [-0.05, 0) is 189 Å². The highest BCUT2D eigenvalue weighted by Gasteiger charge is 2.49. The van der Waals surface area contributed by atoms with Crippen LogP contribution in [0.3, 0.4) is 0 Å². The number of likely N-dealkylation sites (tertiary alicyclic amines) is 2. The maximum absolute atomic E-state index is 13.3. The van der Waals surface area contributed by atoms with Gasteiger partial charge in [-0.3, -0.25) is 19.2 Å². The van der Waals surface area contributed by atoms with Crippen molar-refractivity contribution in [2.24, 2.45) is 16.2 Å². The second-order valence-electron chi connectivity index (χ2n) is 21.7. The maximum atomic E-state index is 13.3. The minimum absolute atomic E-state index is 0.168. The Morgan fingerprint density at radius 1 is 0.506 bits per heavy atom. The SMILES string of the molecule is COC(=O)c1ccc2c(c1)CC1(CC2)CCN(CCc2ccc(OC)cc2)C1=O.COC(=O)c1ccc2c(c1)CC1(CCNC1=O)CC2.COc1ccc(CCN2CCC3(CCc4ccc(C(=O)CO)cc4C3)C2=O)cc1. The van der Waals surface area contributed by atoms with E-state index in [1.165, 1.54) is 42.0 Å². The number of Topliss-reactive ketones (excluding diaryl/α,β-unsaturated/α-hetero) is 1. The summed E-state index contributed by atoms with van der Waals surface area (Å²) in [7, 11) is 6.09. The highest BCUT2D eigenvalue weighted by atomic mass is 16.5. The number of amides is 3. The Kier molecular flexibility index (Phi) is 16.6. The lowest BCUT2D eigenvalue weighted by Gasteiger charge is -2.33. The number of nitrogens with one attached hydrogen (secondary N) is 1. The van der Waals surface area contributed by atoms with Crippen LogP contribution < -0.4 is 14.8 Å². The maximum Gasteiger partial charge on any atom is 0.337 e. The minimum Gasteiger partial charge on any atom is -0.497 e. The molecule has 11 rings (SSSR count). The van der Waals surface area contributed by atoms with Crippen molar-refractivity contribution in [3.05, 3.63) is 164 Å². The Labute approximate surface area is 451 Å². The van der Waals surface area contributed by atoms with E-state index >= 15 is 0 Å². The molecule has 14 nitrogen and oxygen atoms in total. The number of aryl methyl sites for hydroxylation is 3. The molecule has 5 aromatic rings. The van der Waals surface area contributed by atoms with E-state index in [4.69, 9.17) is 24.1 Å². The van der Waals surface area contributed by atoms with Crippen LogP contribution in [0.4, 0.5) is 0 Å². The molecule has 3 heterocycles. The van der Waals surface area contributed by atoms with Gasteiger partial charge in [0.1, 0.15) is 18.1 Å². The van der Waals surface area contributed by atoms with E-state index in [9.17, 15) is 28.8 Å². The fourth-order valence-electron chi connectivity index (χ4n) is 12.6. The van der Waals surface area contributed by atoms with E-state index in [-0.39, 0.29) is 51.7 Å². The summed E-state index contributed by atoms with van der Waals surface area (Å²) >= 11 is 0. The summed E-state index contributed by atoms with van der Waals surface area (Å²) in [5.41, 5.74) is 10.2. The molecule has 14 heteroatoms. The first-order valence-electron chi connectivity index (χ1n) is 27.0. The lowest BCUT2D eigenvalue weighted by Crippen LogP contribution is -2.39. The number of aliphatic hydroxyl groups is 1. The molecule has 3 unspecified atom stereocenters. The van der Waals surface area contributed by atoms with Crippen LogP contribution in [-0.4, -0.2) is 118 Å². The molecular formula is C63H71N3O11. The summed E-state index contributed by atoms with van der Waals surface area (Å²) in [6, 6.07) is 33.1. The van der Waals surface area contributed by atoms with Gasteiger partial charge in [-0.2, -0.15) is 0 Å². The van der Waals surface area contributed by atoms with Gasteiger partial charge in [0.25, 0.3) is 0 Å². The Bertz CT molecular complexity index is 2870. The summed E-state index contributed by atoms with van der Waals surface area (Å²) in [4.78, 5) is 77.9. The number of ether oxygens (including phenoxy) is 4. The molecule has 404 valence electrons. The second kappa shape index (κ2) is 23.5. The van der Waals surface area contributed by atoms with Crippen molar-refractivity contribution in [2.45, 2.75) is 89.9 Å². The molecule has 0 radical (unpaired) electrons. The predicted octanol–water partition coefficient (Wildman–Crippen LogP) is 7.72. The molecule has 3 saturated heterocycles. The summed E-state index contributed by atoms with van der Waals surface area (Å²) in [5, 5.41) is 12.1. The van der Waals surface area contributed by atoms with E-state index < -0.39 is 6.61 Å². The Balaban J connectivity index is 0.000000144. The van der Waals surface area contributed by atoms with Gasteiger partial charge in [0, 0.05) is 38.3 Å². The monoisotopic (exact) mass is 1050 g/mol. The molecule has 3 atom stereocenters. The topological polar surface area (TPSA) is 178 Å². The lowest BCUT2D eigenvalue weighted by molar-refractivity contribution is -0.137. The standard InChI is InChI=1S/2C24H27NO4.C15H17NO3/c1-28-21-7-3-17(4-8-21)10-13-25-14-12-24(23(25)27)11-9-18-5-6-19(22(26)29-2)15-20(18)16-24;1-29-21-6-2-17(3-7-21)9-12-25-13-11-24(23(25)28)10-8-18-4-5-19(22(27)16-26)14-20(18)15-24;1-19-13(17)11-3-2-10-4-5-15(9-12(10)8-11)6-7-16-14(15)18/h3-8,15H,9-14,16H2,1-2H3;2-7,14,26H,8-13,15-16H2,1H3;2-3,8H,4-7,9H2,1H3,(H,16,18). The van der Waals surface area contributed by atoms with Gasteiger partial charge >= 0.3 is 11.9 Å². The molecular weight excluding hydrogens is 975 g/mol. The molecule has 3 aliphatic heterocycles. The fourth-order valence-corrected chi connectivity index (χ4v) is 12.6. The molecule has 0 saturated carbocycles. The van der Waals surface area contributed by atoms with Crippen LogP contribution in [0.25, 0.3) is 0 Å². The van der Waals surface area contributed by atoms with E-state index in [0.717, 1.165) is 138 Å². The molecule has 3 spiro atoms. The molecule has 5 aromatic carbocycles. The number of nitrogens with zero attached hydrogens (tertiary/aromatic N) is 2. The molecule has 0 bridgehead atoms. The summed E-state index contributed by atoms with van der Waals surface area (Å²) in [5.74, 6) is 1.44.